The van der Waals surface area contributed by atoms with E-state index in [4.69, 9.17) is 16.1 Å². The average Bonchev–Trinajstić information content (AvgIpc) is 2.65. The second kappa shape index (κ2) is 4.12. The molecule has 0 N–H and O–H groups in total. The third-order valence-corrected chi connectivity index (χ3v) is 3.65. The molecule has 0 bridgehead atoms. The van der Waals surface area contributed by atoms with Crippen molar-refractivity contribution in [1.29, 1.82) is 0 Å². The van der Waals surface area contributed by atoms with Crippen molar-refractivity contribution in [3.63, 3.8) is 0 Å². The number of aromatic nitrogens is 2. The van der Waals surface area contributed by atoms with E-state index in [0.29, 0.717) is 17.6 Å². The van der Waals surface area contributed by atoms with Gasteiger partial charge in [-0.2, -0.15) is 4.98 Å². The lowest BCUT2D eigenvalue weighted by atomic mass is 9.69. The lowest BCUT2D eigenvalue weighted by molar-refractivity contribution is 0.164. The molecule has 0 aromatic carbocycles. The van der Waals surface area contributed by atoms with Gasteiger partial charge >= 0.3 is 0 Å². The SMILES string of the molecule is CC1(C)CCCCC1c1nc(CCl)no1. The molecule has 1 aromatic rings. The van der Waals surface area contributed by atoms with Crippen LogP contribution in [0.1, 0.15) is 57.2 Å². The Morgan fingerprint density at radius 1 is 1.47 bits per heavy atom. The van der Waals surface area contributed by atoms with Gasteiger partial charge in [-0.05, 0) is 18.3 Å². The summed E-state index contributed by atoms with van der Waals surface area (Å²) in [4.78, 5) is 4.34. The molecule has 0 spiro atoms. The van der Waals surface area contributed by atoms with E-state index in [1.807, 2.05) is 0 Å². The smallest absolute Gasteiger partial charge is 0.230 e. The van der Waals surface area contributed by atoms with Gasteiger partial charge in [-0.1, -0.05) is 31.8 Å². The normalized spacial score (nSPS) is 25.4. The summed E-state index contributed by atoms with van der Waals surface area (Å²) in [5.74, 6) is 2.11. The molecule has 0 amide bonds. The Kier molecular flexibility index (Phi) is 3.01. The monoisotopic (exact) mass is 228 g/mol. The maximum absolute atomic E-state index is 5.67. The highest BCUT2D eigenvalue weighted by atomic mass is 35.5. The highest BCUT2D eigenvalue weighted by molar-refractivity contribution is 6.16. The fraction of sp³-hybridized carbons (Fsp3) is 0.818. The van der Waals surface area contributed by atoms with Crippen molar-refractivity contribution < 1.29 is 4.52 Å². The van der Waals surface area contributed by atoms with E-state index in [2.05, 4.69) is 24.0 Å². The van der Waals surface area contributed by atoms with Gasteiger partial charge in [-0.25, -0.2) is 0 Å². The van der Waals surface area contributed by atoms with E-state index in [9.17, 15) is 0 Å². The number of nitrogens with zero attached hydrogens (tertiary/aromatic N) is 2. The van der Waals surface area contributed by atoms with Gasteiger partial charge in [0.1, 0.15) is 0 Å². The fourth-order valence-corrected chi connectivity index (χ4v) is 2.52. The fourth-order valence-electron chi connectivity index (χ4n) is 2.42. The van der Waals surface area contributed by atoms with Crippen LogP contribution in [-0.4, -0.2) is 10.1 Å². The van der Waals surface area contributed by atoms with Crippen LogP contribution in [0, 0.1) is 5.41 Å². The van der Waals surface area contributed by atoms with Crippen LogP contribution in [0.25, 0.3) is 0 Å². The lowest BCUT2D eigenvalue weighted by Gasteiger charge is -2.36. The van der Waals surface area contributed by atoms with Crippen LogP contribution in [0.2, 0.25) is 0 Å². The zero-order chi connectivity index (χ0) is 10.9. The van der Waals surface area contributed by atoms with Crippen LogP contribution in [-0.2, 0) is 5.88 Å². The van der Waals surface area contributed by atoms with Crippen LogP contribution in [0.3, 0.4) is 0 Å². The number of halogens is 1. The molecular weight excluding hydrogens is 212 g/mol. The highest BCUT2D eigenvalue weighted by Gasteiger charge is 2.36. The van der Waals surface area contributed by atoms with Crippen LogP contribution in [0.4, 0.5) is 0 Å². The minimum Gasteiger partial charge on any atom is -0.339 e. The largest absolute Gasteiger partial charge is 0.339 e. The Hall–Kier alpha value is -0.570. The van der Waals surface area contributed by atoms with E-state index < -0.39 is 0 Å². The van der Waals surface area contributed by atoms with E-state index in [0.717, 1.165) is 12.3 Å². The second-order valence-electron chi connectivity index (χ2n) is 4.97. The summed E-state index contributed by atoms with van der Waals surface area (Å²) < 4.78 is 5.29. The van der Waals surface area contributed by atoms with Gasteiger partial charge in [0.2, 0.25) is 5.89 Å². The van der Waals surface area contributed by atoms with Gasteiger partial charge in [-0.3, -0.25) is 0 Å². The van der Waals surface area contributed by atoms with Crippen molar-refractivity contribution in [2.24, 2.45) is 5.41 Å². The Morgan fingerprint density at radius 2 is 2.27 bits per heavy atom. The number of rotatable bonds is 2. The second-order valence-corrected chi connectivity index (χ2v) is 5.24. The van der Waals surface area contributed by atoms with Gasteiger partial charge < -0.3 is 4.52 Å². The van der Waals surface area contributed by atoms with Gasteiger partial charge in [-0.15, -0.1) is 11.6 Å². The maximum atomic E-state index is 5.67. The molecule has 4 heteroatoms. The quantitative estimate of drug-likeness (QED) is 0.728. The van der Waals surface area contributed by atoms with Gasteiger partial charge in [0.25, 0.3) is 0 Å². The standard InChI is InChI=1S/C11H17ClN2O/c1-11(2)6-4-3-5-8(11)10-13-9(7-12)14-15-10/h8H,3-7H2,1-2H3. The summed E-state index contributed by atoms with van der Waals surface area (Å²) >= 11 is 5.67. The predicted octanol–water partition coefficient (Wildman–Crippen LogP) is 3.49. The Bertz CT molecular complexity index is 335. The Labute approximate surface area is 95.2 Å². The minimum absolute atomic E-state index is 0.272. The first-order valence-electron chi connectivity index (χ1n) is 5.52. The third-order valence-electron chi connectivity index (χ3n) is 3.41. The number of alkyl halides is 1. The summed E-state index contributed by atoms with van der Waals surface area (Å²) in [7, 11) is 0. The third kappa shape index (κ3) is 2.17. The molecule has 1 aliphatic carbocycles. The summed E-state index contributed by atoms with van der Waals surface area (Å²) in [6.07, 6.45) is 4.94. The molecule has 1 unspecified atom stereocenters. The first kappa shape index (κ1) is 10.9. The van der Waals surface area contributed by atoms with E-state index in [1.54, 1.807) is 0 Å². The molecule has 2 rings (SSSR count). The van der Waals surface area contributed by atoms with E-state index >= 15 is 0 Å². The molecule has 0 radical (unpaired) electrons. The molecule has 1 atom stereocenters. The molecular formula is C11H17ClN2O. The average molecular weight is 229 g/mol. The van der Waals surface area contributed by atoms with Gasteiger partial charge in [0, 0.05) is 5.92 Å². The van der Waals surface area contributed by atoms with Crippen LogP contribution < -0.4 is 0 Å². The topological polar surface area (TPSA) is 38.9 Å². The predicted molar refractivity (Wildman–Crippen MR) is 58.8 cm³/mol. The first-order chi connectivity index (χ1) is 7.13. The molecule has 1 aromatic heterocycles. The molecule has 1 saturated carbocycles. The van der Waals surface area contributed by atoms with Crippen molar-refractivity contribution in [2.75, 3.05) is 0 Å². The Balaban J connectivity index is 2.21. The summed E-state index contributed by atoms with van der Waals surface area (Å²) in [5, 5.41) is 3.86. The molecule has 1 aliphatic rings. The van der Waals surface area contributed by atoms with Gasteiger partial charge in [0.05, 0.1) is 5.88 Å². The van der Waals surface area contributed by atoms with Crippen molar-refractivity contribution in [1.82, 2.24) is 10.1 Å². The Morgan fingerprint density at radius 3 is 2.87 bits per heavy atom. The van der Waals surface area contributed by atoms with Crippen LogP contribution >= 0.6 is 11.6 Å². The van der Waals surface area contributed by atoms with Gasteiger partial charge in [0.15, 0.2) is 5.82 Å². The van der Waals surface area contributed by atoms with E-state index in [-0.39, 0.29) is 5.41 Å². The molecule has 0 saturated heterocycles. The first-order valence-corrected chi connectivity index (χ1v) is 6.05. The molecule has 0 aliphatic heterocycles. The molecule has 1 fully saturated rings. The zero-order valence-electron chi connectivity index (χ0n) is 9.29. The minimum atomic E-state index is 0.272. The summed E-state index contributed by atoms with van der Waals surface area (Å²) in [6, 6.07) is 0. The van der Waals surface area contributed by atoms with Crippen molar-refractivity contribution in [3.8, 4) is 0 Å². The summed E-state index contributed by atoms with van der Waals surface area (Å²) in [6.45, 7) is 4.56. The molecule has 3 nitrogen and oxygen atoms in total. The zero-order valence-corrected chi connectivity index (χ0v) is 10.0. The van der Waals surface area contributed by atoms with Crippen molar-refractivity contribution in [2.45, 2.75) is 51.3 Å². The number of hydrogen-bond acceptors (Lipinski definition) is 3. The molecule has 1 heterocycles. The van der Waals surface area contributed by atoms with Crippen LogP contribution in [0.15, 0.2) is 4.52 Å². The van der Waals surface area contributed by atoms with Crippen LogP contribution in [0.5, 0.6) is 0 Å². The molecule has 15 heavy (non-hydrogen) atoms. The van der Waals surface area contributed by atoms with Crippen molar-refractivity contribution >= 4 is 11.6 Å². The molecule has 84 valence electrons. The summed E-state index contributed by atoms with van der Waals surface area (Å²) in [5.41, 5.74) is 0.272. The van der Waals surface area contributed by atoms with Crippen molar-refractivity contribution in [3.05, 3.63) is 11.7 Å². The number of hydrogen-bond donors (Lipinski definition) is 0. The highest BCUT2D eigenvalue weighted by Crippen LogP contribution is 2.46. The maximum Gasteiger partial charge on any atom is 0.230 e. The van der Waals surface area contributed by atoms with E-state index in [1.165, 1.54) is 19.3 Å². The lowest BCUT2D eigenvalue weighted by Crippen LogP contribution is -2.26.